The van der Waals surface area contributed by atoms with E-state index in [1.54, 1.807) is 0 Å². The van der Waals surface area contributed by atoms with Gasteiger partial charge in [0.25, 0.3) is 0 Å². The summed E-state index contributed by atoms with van der Waals surface area (Å²) >= 11 is 7.07. The molecule has 0 amide bonds. The molecule has 0 aliphatic carbocycles. The molecule has 0 bridgehead atoms. The van der Waals surface area contributed by atoms with Gasteiger partial charge in [-0.3, -0.25) is 4.90 Å². The number of nitrogens with zero attached hydrogens (tertiary/aromatic N) is 3. The highest BCUT2D eigenvalue weighted by atomic mass is 35.5. The summed E-state index contributed by atoms with van der Waals surface area (Å²) in [5.41, 5.74) is 6.53. The van der Waals surface area contributed by atoms with Crippen LogP contribution in [0.15, 0.2) is 10.5 Å². The lowest BCUT2D eigenvalue weighted by atomic mass is 10.4. The molecule has 18 heavy (non-hydrogen) atoms. The number of nitrogens with two attached hydrogens (primary N) is 1. The minimum absolute atomic E-state index is 0.285. The van der Waals surface area contributed by atoms with E-state index < -0.39 is 0 Å². The summed E-state index contributed by atoms with van der Waals surface area (Å²) in [6.07, 6.45) is 0. The highest BCUT2D eigenvalue weighted by Gasteiger charge is 2.11. The first-order valence-electron chi connectivity index (χ1n) is 5.58. The van der Waals surface area contributed by atoms with Gasteiger partial charge in [-0.1, -0.05) is 16.8 Å². The predicted octanol–water partition coefficient (Wildman–Crippen LogP) is 0.918. The van der Waals surface area contributed by atoms with Crippen molar-refractivity contribution in [3.05, 3.63) is 15.5 Å². The van der Waals surface area contributed by atoms with Crippen molar-refractivity contribution in [1.29, 1.82) is 0 Å². The van der Waals surface area contributed by atoms with E-state index in [1.807, 2.05) is 5.38 Å². The minimum atomic E-state index is 0.285. The van der Waals surface area contributed by atoms with Gasteiger partial charge in [0.2, 0.25) is 0 Å². The van der Waals surface area contributed by atoms with Crippen LogP contribution in [0.1, 0.15) is 5.69 Å². The normalized spacial score (nSPS) is 17.9. The second-order valence-corrected chi connectivity index (χ2v) is 5.28. The summed E-state index contributed by atoms with van der Waals surface area (Å²) in [6, 6.07) is 0. The van der Waals surface area contributed by atoms with Crippen LogP contribution in [0.5, 0.6) is 0 Å². The number of aromatic nitrogens is 1. The molecule has 0 aromatic carbocycles. The van der Waals surface area contributed by atoms with Crippen molar-refractivity contribution in [2.75, 3.05) is 32.8 Å². The van der Waals surface area contributed by atoms with Gasteiger partial charge in [0, 0.05) is 18.5 Å². The third-order valence-corrected chi connectivity index (χ3v) is 3.43. The van der Waals surface area contributed by atoms with Gasteiger partial charge in [-0.2, -0.15) is 0 Å². The minimum Gasteiger partial charge on any atom is -0.388 e. The van der Waals surface area contributed by atoms with Crippen molar-refractivity contribution in [1.82, 2.24) is 9.88 Å². The monoisotopic (exact) mass is 290 g/mol. The fourth-order valence-corrected chi connectivity index (χ4v) is 2.31. The van der Waals surface area contributed by atoms with Gasteiger partial charge in [-0.25, -0.2) is 4.98 Å². The molecule has 100 valence electrons. The van der Waals surface area contributed by atoms with Gasteiger partial charge in [-0.05, 0) is 0 Å². The Morgan fingerprint density at radius 3 is 3.06 bits per heavy atom. The molecule has 0 spiro atoms. The van der Waals surface area contributed by atoms with Crippen molar-refractivity contribution in [2.24, 2.45) is 10.9 Å². The van der Waals surface area contributed by atoms with Crippen molar-refractivity contribution in [2.45, 2.75) is 6.61 Å². The molecular weight excluding hydrogens is 276 g/mol. The molecule has 0 saturated carbocycles. The van der Waals surface area contributed by atoms with Crippen LogP contribution in [0.4, 0.5) is 0 Å². The number of hydrogen-bond acceptors (Lipinski definition) is 6. The lowest BCUT2D eigenvalue weighted by molar-refractivity contribution is 0.0443. The number of hydrogen-bond donors (Lipinski definition) is 1. The van der Waals surface area contributed by atoms with E-state index in [9.17, 15) is 0 Å². The zero-order chi connectivity index (χ0) is 12.8. The Labute approximate surface area is 114 Å². The van der Waals surface area contributed by atoms with Crippen molar-refractivity contribution >= 4 is 28.8 Å². The van der Waals surface area contributed by atoms with Crippen LogP contribution in [0.25, 0.3) is 0 Å². The van der Waals surface area contributed by atoms with Gasteiger partial charge in [-0.15, -0.1) is 11.3 Å². The molecule has 6 nitrogen and oxygen atoms in total. The van der Waals surface area contributed by atoms with Crippen molar-refractivity contribution < 1.29 is 9.57 Å². The molecule has 1 aliphatic heterocycles. The Kier molecular flexibility index (Phi) is 5.18. The van der Waals surface area contributed by atoms with Gasteiger partial charge >= 0.3 is 0 Å². The Hall–Kier alpha value is -0.890. The van der Waals surface area contributed by atoms with E-state index >= 15 is 0 Å². The largest absolute Gasteiger partial charge is 0.388 e. The van der Waals surface area contributed by atoms with Crippen LogP contribution in [0.3, 0.4) is 0 Å². The van der Waals surface area contributed by atoms with Crippen molar-refractivity contribution in [3.63, 3.8) is 0 Å². The number of ether oxygens (including phenoxy) is 1. The third-order valence-electron chi connectivity index (χ3n) is 2.41. The topological polar surface area (TPSA) is 73.0 Å². The summed E-state index contributed by atoms with van der Waals surface area (Å²) in [5, 5.41) is 5.69. The van der Waals surface area contributed by atoms with E-state index in [-0.39, 0.29) is 6.61 Å². The molecule has 2 heterocycles. The molecule has 0 atom stereocenters. The number of thiazole rings is 1. The summed E-state index contributed by atoms with van der Waals surface area (Å²) in [7, 11) is 0. The third kappa shape index (κ3) is 4.41. The second kappa shape index (κ2) is 6.89. The maximum Gasteiger partial charge on any atom is 0.183 e. The molecule has 1 fully saturated rings. The molecule has 1 aromatic rings. The number of rotatable bonds is 5. The maximum atomic E-state index is 5.77. The Balaban J connectivity index is 1.71. The number of morpholine rings is 1. The first kappa shape index (κ1) is 13.5. The van der Waals surface area contributed by atoms with E-state index in [0.29, 0.717) is 16.8 Å². The average molecular weight is 291 g/mol. The lowest BCUT2D eigenvalue weighted by Gasteiger charge is -2.25. The van der Waals surface area contributed by atoms with Crippen LogP contribution in [-0.2, 0) is 16.2 Å². The smallest absolute Gasteiger partial charge is 0.183 e. The van der Waals surface area contributed by atoms with Crippen molar-refractivity contribution in [3.8, 4) is 0 Å². The molecule has 0 unspecified atom stereocenters. The quantitative estimate of drug-likeness (QED) is 0.496. The molecule has 1 aliphatic rings. The molecular formula is C10H15ClN4O2S. The summed E-state index contributed by atoms with van der Waals surface area (Å²) in [5.74, 6) is 0.457. The maximum absolute atomic E-state index is 5.77. The van der Waals surface area contributed by atoms with Gasteiger partial charge in [0.15, 0.2) is 16.9 Å². The standard InChI is InChI=1S/C10H15ClN4O2S/c11-10-13-8(7-18-10)6-17-14-9(12)5-15-1-3-16-4-2-15/h7H,1-6H2,(H2,12,14). The molecule has 0 radical (unpaired) electrons. The molecule has 1 aromatic heterocycles. The predicted molar refractivity (Wildman–Crippen MR) is 70.8 cm³/mol. The Morgan fingerprint density at radius 2 is 2.39 bits per heavy atom. The number of amidine groups is 1. The summed E-state index contributed by atoms with van der Waals surface area (Å²) in [6.45, 7) is 4.11. The second-order valence-electron chi connectivity index (χ2n) is 3.84. The van der Waals surface area contributed by atoms with Gasteiger partial charge in [0.05, 0.1) is 25.5 Å². The zero-order valence-corrected chi connectivity index (χ0v) is 11.4. The highest BCUT2D eigenvalue weighted by molar-refractivity contribution is 7.13. The fraction of sp³-hybridized carbons (Fsp3) is 0.600. The SMILES string of the molecule is NC(CN1CCOCC1)=NOCc1csc(Cl)n1. The zero-order valence-electron chi connectivity index (χ0n) is 9.84. The van der Waals surface area contributed by atoms with Crippen LogP contribution in [-0.4, -0.2) is 48.6 Å². The van der Waals surface area contributed by atoms with E-state index in [1.165, 1.54) is 11.3 Å². The van der Waals surface area contributed by atoms with Gasteiger partial charge < -0.3 is 15.3 Å². The van der Waals surface area contributed by atoms with Crippen LogP contribution in [0.2, 0.25) is 4.47 Å². The molecule has 8 heteroatoms. The lowest BCUT2D eigenvalue weighted by Crippen LogP contribution is -2.41. The van der Waals surface area contributed by atoms with Crippen LogP contribution in [0, 0.1) is 0 Å². The number of halogens is 1. The Morgan fingerprint density at radius 1 is 1.61 bits per heavy atom. The number of oxime groups is 1. The fourth-order valence-electron chi connectivity index (χ4n) is 1.55. The van der Waals surface area contributed by atoms with E-state index in [0.717, 1.165) is 32.0 Å². The summed E-state index contributed by atoms with van der Waals surface area (Å²) < 4.78 is 5.75. The highest BCUT2D eigenvalue weighted by Crippen LogP contribution is 2.15. The first-order chi connectivity index (χ1) is 8.74. The average Bonchev–Trinajstić information content (AvgIpc) is 2.76. The Bertz CT molecular complexity index is 406. The molecule has 1 saturated heterocycles. The van der Waals surface area contributed by atoms with Crippen LogP contribution >= 0.6 is 22.9 Å². The van der Waals surface area contributed by atoms with E-state index in [4.69, 9.17) is 26.9 Å². The summed E-state index contributed by atoms with van der Waals surface area (Å²) in [4.78, 5) is 11.3. The molecule has 2 rings (SSSR count). The molecule has 2 N–H and O–H groups in total. The van der Waals surface area contributed by atoms with E-state index in [2.05, 4.69) is 15.0 Å². The first-order valence-corrected chi connectivity index (χ1v) is 6.84. The van der Waals surface area contributed by atoms with Crippen LogP contribution < -0.4 is 5.73 Å². The van der Waals surface area contributed by atoms with Gasteiger partial charge in [0.1, 0.15) is 0 Å².